The summed E-state index contributed by atoms with van der Waals surface area (Å²) in [5.41, 5.74) is -0.462. The van der Waals surface area contributed by atoms with Gasteiger partial charge in [0.05, 0.1) is 0 Å². The van der Waals surface area contributed by atoms with E-state index < -0.39 is 28.8 Å². The summed E-state index contributed by atoms with van der Waals surface area (Å²) in [5, 5.41) is 44.3. The van der Waals surface area contributed by atoms with E-state index in [2.05, 4.69) is 0 Å². The first kappa shape index (κ1) is 11.4. The van der Waals surface area contributed by atoms with Crippen molar-refractivity contribution >= 4 is 12.0 Å². The SMILES string of the molecule is N#C/C(=C\c1cc(O)c(O)c(O)c1)C(=O)O. The molecule has 1 aromatic rings. The molecule has 0 atom stereocenters. The van der Waals surface area contributed by atoms with Gasteiger partial charge in [-0.1, -0.05) is 0 Å². The van der Waals surface area contributed by atoms with Crippen molar-refractivity contribution in [2.24, 2.45) is 0 Å². The Morgan fingerprint density at radius 2 is 1.75 bits per heavy atom. The maximum Gasteiger partial charge on any atom is 0.346 e. The molecule has 1 aromatic carbocycles. The summed E-state index contributed by atoms with van der Waals surface area (Å²) in [4.78, 5) is 10.5. The normalized spacial score (nSPS) is 10.8. The first-order valence-electron chi connectivity index (χ1n) is 4.05. The lowest BCUT2D eigenvalue weighted by molar-refractivity contribution is -0.132. The molecule has 6 nitrogen and oxygen atoms in total. The fourth-order valence-electron chi connectivity index (χ4n) is 1.02. The molecule has 0 amide bonds. The molecule has 0 aliphatic heterocycles. The first-order valence-corrected chi connectivity index (χ1v) is 4.05. The van der Waals surface area contributed by atoms with E-state index in [0.717, 1.165) is 18.2 Å². The van der Waals surface area contributed by atoms with Crippen molar-refractivity contribution in [2.75, 3.05) is 0 Å². The molecule has 4 N–H and O–H groups in total. The number of nitrogens with zero attached hydrogens (tertiary/aromatic N) is 1. The van der Waals surface area contributed by atoms with Gasteiger partial charge in [0.1, 0.15) is 11.6 Å². The Labute approximate surface area is 89.9 Å². The molecule has 0 unspecified atom stereocenters. The molecule has 0 aliphatic carbocycles. The van der Waals surface area contributed by atoms with Crippen LogP contribution in [0.25, 0.3) is 6.08 Å². The zero-order chi connectivity index (χ0) is 12.3. The third-order valence-corrected chi connectivity index (χ3v) is 1.75. The van der Waals surface area contributed by atoms with Crippen LogP contribution in [0.4, 0.5) is 0 Å². The smallest absolute Gasteiger partial charge is 0.346 e. The summed E-state index contributed by atoms with van der Waals surface area (Å²) in [6.45, 7) is 0. The molecule has 82 valence electrons. The van der Waals surface area contributed by atoms with Crippen molar-refractivity contribution in [3.8, 4) is 23.3 Å². The predicted molar refractivity (Wildman–Crippen MR) is 52.7 cm³/mol. The van der Waals surface area contributed by atoms with Gasteiger partial charge in [0.15, 0.2) is 17.2 Å². The maximum atomic E-state index is 10.5. The number of aromatic hydroxyl groups is 3. The zero-order valence-corrected chi connectivity index (χ0v) is 7.88. The van der Waals surface area contributed by atoms with Gasteiger partial charge in [-0.3, -0.25) is 0 Å². The van der Waals surface area contributed by atoms with Crippen LogP contribution in [-0.2, 0) is 4.79 Å². The molecule has 0 bridgehead atoms. The Bertz CT molecular complexity index is 489. The Hall–Kier alpha value is -2.68. The van der Waals surface area contributed by atoms with Crippen molar-refractivity contribution in [1.29, 1.82) is 5.26 Å². The Balaban J connectivity index is 3.27. The van der Waals surface area contributed by atoms with Crippen molar-refractivity contribution in [2.45, 2.75) is 0 Å². The first-order chi connectivity index (χ1) is 7.45. The lowest BCUT2D eigenvalue weighted by Crippen LogP contribution is -1.97. The van der Waals surface area contributed by atoms with E-state index in [1.165, 1.54) is 6.07 Å². The van der Waals surface area contributed by atoms with Gasteiger partial charge in [0, 0.05) is 0 Å². The molecule has 0 heterocycles. The molecule has 0 aromatic heterocycles. The lowest BCUT2D eigenvalue weighted by atomic mass is 10.1. The Kier molecular flexibility index (Phi) is 3.01. The van der Waals surface area contributed by atoms with Crippen LogP contribution in [0.3, 0.4) is 0 Å². The van der Waals surface area contributed by atoms with E-state index in [1.807, 2.05) is 0 Å². The highest BCUT2D eigenvalue weighted by Crippen LogP contribution is 2.35. The second kappa shape index (κ2) is 4.23. The second-order valence-electron chi connectivity index (χ2n) is 2.88. The van der Waals surface area contributed by atoms with Crippen LogP contribution < -0.4 is 0 Å². The minimum atomic E-state index is -1.42. The molecule has 0 spiro atoms. The number of carboxylic acids is 1. The fourth-order valence-corrected chi connectivity index (χ4v) is 1.02. The van der Waals surface area contributed by atoms with Crippen LogP contribution in [0, 0.1) is 11.3 Å². The van der Waals surface area contributed by atoms with Crippen LogP contribution in [0.15, 0.2) is 17.7 Å². The summed E-state index contributed by atoms with van der Waals surface area (Å²) >= 11 is 0. The summed E-state index contributed by atoms with van der Waals surface area (Å²) in [6.07, 6.45) is 0.960. The summed E-state index contributed by atoms with van der Waals surface area (Å²) in [5.74, 6) is -3.33. The van der Waals surface area contributed by atoms with Crippen LogP contribution in [0.1, 0.15) is 5.56 Å². The number of hydrogen-bond acceptors (Lipinski definition) is 5. The summed E-state index contributed by atoms with van der Waals surface area (Å²) < 4.78 is 0. The van der Waals surface area contributed by atoms with Gasteiger partial charge < -0.3 is 20.4 Å². The molecule has 1 rings (SSSR count). The predicted octanol–water partition coefficient (Wildman–Crippen LogP) is 0.795. The Morgan fingerprint density at radius 3 is 2.12 bits per heavy atom. The van der Waals surface area contributed by atoms with Gasteiger partial charge in [-0.15, -0.1) is 0 Å². The number of aliphatic carboxylic acids is 1. The van der Waals surface area contributed by atoms with Crippen LogP contribution in [-0.4, -0.2) is 26.4 Å². The molecule has 0 radical (unpaired) electrons. The molecule has 6 heteroatoms. The highest BCUT2D eigenvalue weighted by Gasteiger charge is 2.10. The van der Waals surface area contributed by atoms with Gasteiger partial charge >= 0.3 is 5.97 Å². The monoisotopic (exact) mass is 221 g/mol. The molecule has 16 heavy (non-hydrogen) atoms. The number of hydrogen-bond donors (Lipinski definition) is 4. The van der Waals surface area contributed by atoms with Gasteiger partial charge in [-0.05, 0) is 23.8 Å². The van der Waals surface area contributed by atoms with Crippen molar-refractivity contribution < 1.29 is 25.2 Å². The van der Waals surface area contributed by atoms with Gasteiger partial charge in [-0.25, -0.2) is 4.79 Å². The number of benzene rings is 1. The number of phenols is 3. The van der Waals surface area contributed by atoms with E-state index in [1.54, 1.807) is 0 Å². The molecule has 0 fully saturated rings. The highest BCUT2D eigenvalue weighted by molar-refractivity contribution is 5.96. The molecule has 0 saturated carbocycles. The number of phenolic OH excluding ortho intramolecular Hbond substituents is 3. The Morgan fingerprint density at radius 1 is 1.25 bits per heavy atom. The third-order valence-electron chi connectivity index (χ3n) is 1.75. The van der Waals surface area contributed by atoms with Crippen molar-refractivity contribution in [3.05, 3.63) is 23.3 Å². The molecular formula is C10H7NO5. The minimum Gasteiger partial charge on any atom is -0.504 e. The lowest BCUT2D eigenvalue weighted by Gasteiger charge is -2.02. The number of carbonyl (C=O) groups is 1. The molecule has 0 aliphatic rings. The molecular weight excluding hydrogens is 214 g/mol. The van der Waals surface area contributed by atoms with E-state index in [-0.39, 0.29) is 5.56 Å². The standard InChI is InChI=1S/C10H7NO5/c11-4-6(10(15)16)1-5-2-7(12)9(14)8(13)3-5/h1-3,12-14H,(H,15,16)/b6-1+. The fraction of sp³-hybridized carbons (Fsp3) is 0. The van der Waals surface area contributed by atoms with Gasteiger partial charge in [0.25, 0.3) is 0 Å². The van der Waals surface area contributed by atoms with Crippen LogP contribution in [0.2, 0.25) is 0 Å². The number of carboxylic acid groups (broad SMARTS) is 1. The van der Waals surface area contributed by atoms with Crippen molar-refractivity contribution in [1.82, 2.24) is 0 Å². The highest BCUT2D eigenvalue weighted by atomic mass is 16.4. The minimum absolute atomic E-state index is 0.0896. The van der Waals surface area contributed by atoms with Gasteiger partial charge in [-0.2, -0.15) is 5.26 Å². The van der Waals surface area contributed by atoms with E-state index in [4.69, 9.17) is 25.7 Å². The van der Waals surface area contributed by atoms with Gasteiger partial charge in [0.2, 0.25) is 0 Å². The van der Waals surface area contributed by atoms with Crippen molar-refractivity contribution in [3.63, 3.8) is 0 Å². The van der Waals surface area contributed by atoms with E-state index in [9.17, 15) is 4.79 Å². The largest absolute Gasteiger partial charge is 0.504 e. The summed E-state index contributed by atoms with van der Waals surface area (Å²) in [7, 11) is 0. The van der Waals surface area contributed by atoms with Crippen LogP contribution >= 0.6 is 0 Å². The third kappa shape index (κ3) is 2.22. The number of nitriles is 1. The summed E-state index contributed by atoms with van der Waals surface area (Å²) in [6, 6.07) is 3.49. The average Bonchev–Trinajstić information content (AvgIpc) is 2.21. The zero-order valence-electron chi connectivity index (χ0n) is 7.88. The van der Waals surface area contributed by atoms with Crippen LogP contribution in [0.5, 0.6) is 17.2 Å². The van der Waals surface area contributed by atoms with E-state index >= 15 is 0 Å². The maximum absolute atomic E-state index is 10.5. The average molecular weight is 221 g/mol. The quantitative estimate of drug-likeness (QED) is 0.333. The number of rotatable bonds is 2. The van der Waals surface area contributed by atoms with E-state index in [0.29, 0.717) is 0 Å². The molecule has 0 saturated heterocycles. The second-order valence-corrected chi connectivity index (χ2v) is 2.88. The topological polar surface area (TPSA) is 122 Å².